The highest BCUT2D eigenvalue weighted by atomic mass is 35.5. The molecule has 1 unspecified atom stereocenters. The summed E-state index contributed by atoms with van der Waals surface area (Å²) in [5, 5.41) is 3.56. The zero-order chi connectivity index (χ0) is 13.9. The first-order chi connectivity index (χ1) is 8.36. The molecule has 0 saturated carbocycles. The maximum absolute atomic E-state index is 11.9. The molecule has 0 aliphatic rings. The molecule has 0 aromatic heterocycles. The van der Waals surface area contributed by atoms with E-state index in [1.165, 1.54) is 12.1 Å². The smallest absolute Gasteiger partial charge is 0.234 e. The number of thiocarbonyl (C=S) groups is 1. The summed E-state index contributed by atoms with van der Waals surface area (Å²) < 4.78 is 0. The molecule has 3 nitrogen and oxygen atoms in total. The molecule has 1 aromatic rings. The molecule has 0 saturated heterocycles. The van der Waals surface area contributed by atoms with Crippen LogP contribution in [0.3, 0.4) is 0 Å². The third-order valence-electron chi connectivity index (χ3n) is 2.34. The number of nitrogens with two attached hydrogens (primary N) is 1. The van der Waals surface area contributed by atoms with Gasteiger partial charge in [0.05, 0.1) is 31.7 Å². The van der Waals surface area contributed by atoms with Crippen molar-refractivity contribution in [1.29, 1.82) is 0 Å². The fraction of sp³-hybridized carbons (Fsp3) is 0.273. The first kappa shape index (κ1) is 15.5. The van der Waals surface area contributed by atoms with Gasteiger partial charge >= 0.3 is 0 Å². The van der Waals surface area contributed by atoms with E-state index in [1.807, 2.05) is 6.92 Å². The molecular formula is C11H11Cl3N2OS. The van der Waals surface area contributed by atoms with Crippen LogP contribution < -0.4 is 11.1 Å². The third kappa shape index (κ3) is 3.72. The first-order valence-electron chi connectivity index (χ1n) is 5.11. The van der Waals surface area contributed by atoms with Crippen LogP contribution in [0.15, 0.2) is 12.1 Å². The molecular weight excluding hydrogens is 315 g/mol. The van der Waals surface area contributed by atoms with E-state index < -0.39 is 5.92 Å². The molecule has 1 aromatic carbocycles. The summed E-state index contributed by atoms with van der Waals surface area (Å²) in [6.45, 7) is 1.82. The predicted octanol–water partition coefficient (Wildman–Crippen LogP) is 3.90. The molecule has 3 N–H and O–H groups in total. The zero-order valence-corrected chi connectivity index (χ0v) is 12.6. The molecule has 1 rings (SSSR count). The van der Waals surface area contributed by atoms with Gasteiger partial charge in [-0.3, -0.25) is 4.79 Å². The summed E-state index contributed by atoms with van der Waals surface area (Å²) in [5.41, 5.74) is 5.86. The lowest BCUT2D eigenvalue weighted by atomic mass is 10.1. The summed E-state index contributed by atoms with van der Waals surface area (Å²) in [7, 11) is 0. The van der Waals surface area contributed by atoms with E-state index in [1.54, 1.807) is 0 Å². The molecule has 0 fully saturated rings. The van der Waals surface area contributed by atoms with Crippen molar-refractivity contribution in [3.63, 3.8) is 0 Å². The standard InChI is InChI=1S/C11H11Cl3N2OS/c1-2-5(10(15)18)11(17)16-9-4-7(13)6(12)3-8(9)14/h3-5H,2H2,1H3,(H2,15,18)(H,16,17). The largest absolute Gasteiger partial charge is 0.393 e. The van der Waals surface area contributed by atoms with Crippen molar-refractivity contribution < 1.29 is 4.79 Å². The number of rotatable bonds is 4. The van der Waals surface area contributed by atoms with Crippen molar-refractivity contribution in [3.05, 3.63) is 27.2 Å². The zero-order valence-electron chi connectivity index (χ0n) is 9.47. The van der Waals surface area contributed by atoms with Crippen molar-refractivity contribution in [1.82, 2.24) is 0 Å². The fourth-order valence-corrected chi connectivity index (χ4v) is 2.22. The van der Waals surface area contributed by atoms with E-state index >= 15 is 0 Å². The lowest BCUT2D eigenvalue weighted by molar-refractivity contribution is -0.118. The van der Waals surface area contributed by atoms with Gasteiger partial charge in [-0.15, -0.1) is 0 Å². The number of carbonyl (C=O) groups excluding carboxylic acids is 1. The predicted molar refractivity (Wildman–Crippen MR) is 80.7 cm³/mol. The van der Waals surface area contributed by atoms with Crippen molar-refractivity contribution in [2.45, 2.75) is 13.3 Å². The minimum absolute atomic E-state index is 0.145. The van der Waals surface area contributed by atoms with E-state index in [0.29, 0.717) is 27.2 Å². The van der Waals surface area contributed by atoms with Crippen molar-refractivity contribution in [3.8, 4) is 0 Å². The Morgan fingerprint density at radius 2 is 1.89 bits per heavy atom. The van der Waals surface area contributed by atoms with Crippen LogP contribution in [-0.2, 0) is 4.79 Å². The van der Waals surface area contributed by atoms with Crippen LogP contribution in [0.4, 0.5) is 5.69 Å². The highest BCUT2D eigenvalue weighted by molar-refractivity contribution is 7.80. The molecule has 7 heteroatoms. The topological polar surface area (TPSA) is 55.1 Å². The van der Waals surface area contributed by atoms with Crippen LogP contribution in [-0.4, -0.2) is 10.9 Å². The van der Waals surface area contributed by atoms with Gasteiger partial charge in [0.1, 0.15) is 0 Å². The minimum Gasteiger partial charge on any atom is -0.393 e. The van der Waals surface area contributed by atoms with Crippen molar-refractivity contribution >= 4 is 63.6 Å². The van der Waals surface area contributed by atoms with Gasteiger partial charge in [0.25, 0.3) is 0 Å². The Balaban J connectivity index is 2.94. The van der Waals surface area contributed by atoms with Gasteiger partial charge in [0.2, 0.25) is 5.91 Å². The molecule has 0 bridgehead atoms. The quantitative estimate of drug-likeness (QED) is 0.652. The summed E-state index contributed by atoms with van der Waals surface area (Å²) in [4.78, 5) is 12.1. The van der Waals surface area contributed by atoms with Crippen LogP contribution in [0, 0.1) is 5.92 Å². The molecule has 0 radical (unpaired) electrons. The highest BCUT2D eigenvalue weighted by Crippen LogP contribution is 2.32. The number of hydrogen-bond donors (Lipinski definition) is 2. The van der Waals surface area contributed by atoms with Crippen LogP contribution in [0.2, 0.25) is 15.1 Å². The summed E-state index contributed by atoms with van der Waals surface area (Å²) in [6.07, 6.45) is 0.514. The second-order valence-corrected chi connectivity index (χ2v) is 5.29. The number of hydrogen-bond acceptors (Lipinski definition) is 2. The lowest BCUT2D eigenvalue weighted by Gasteiger charge is -2.14. The highest BCUT2D eigenvalue weighted by Gasteiger charge is 2.20. The fourth-order valence-electron chi connectivity index (χ4n) is 1.35. The Labute approximate surface area is 126 Å². The summed E-state index contributed by atoms with van der Waals surface area (Å²) in [5.74, 6) is -0.851. The van der Waals surface area contributed by atoms with E-state index in [4.69, 9.17) is 52.8 Å². The Morgan fingerprint density at radius 1 is 1.33 bits per heavy atom. The maximum atomic E-state index is 11.9. The molecule has 0 aliphatic heterocycles. The number of benzene rings is 1. The number of halogens is 3. The number of carbonyl (C=O) groups is 1. The van der Waals surface area contributed by atoms with Gasteiger partial charge in [0, 0.05) is 0 Å². The Hall–Kier alpha value is -0.550. The van der Waals surface area contributed by atoms with E-state index in [2.05, 4.69) is 5.32 Å². The number of nitrogens with one attached hydrogen (secondary N) is 1. The van der Waals surface area contributed by atoms with Gasteiger partial charge in [-0.05, 0) is 18.6 Å². The molecule has 0 heterocycles. The third-order valence-corrected chi connectivity index (χ3v) is 3.66. The van der Waals surface area contributed by atoms with Gasteiger partial charge in [0.15, 0.2) is 0 Å². The van der Waals surface area contributed by atoms with Crippen LogP contribution in [0.25, 0.3) is 0 Å². The molecule has 98 valence electrons. The molecule has 18 heavy (non-hydrogen) atoms. The van der Waals surface area contributed by atoms with Crippen molar-refractivity contribution in [2.24, 2.45) is 11.7 Å². The van der Waals surface area contributed by atoms with Crippen LogP contribution in [0.5, 0.6) is 0 Å². The Bertz CT molecular complexity index is 493. The van der Waals surface area contributed by atoms with E-state index in [9.17, 15) is 4.79 Å². The second-order valence-electron chi connectivity index (χ2n) is 3.60. The monoisotopic (exact) mass is 324 g/mol. The van der Waals surface area contributed by atoms with Gasteiger partial charge in [-0.2, -0.15) is 0 Å². The molecule has 1 atom stereocenters. The van der Waals surface area contributed by atoms with Crippen LogP contribution >= 0.6 is 47.0 Å². The number of anilines is 1. The maximum Gasteiger partial charge on any atom is 0.234 e. The minimum atomic E-state index is -0.537. The average molecular weight is 326 g/mol. The van der Waals surface area contributed by atoms with Gasteiger partial charge in [-0.1, -0.05) is 53.9 Å². The Kier molecular flexibility index (Phi) is 5.66. The van der Waals surface area contributed by atoms with Gasteiger partial charge < -0.3 is 11.1 Å². The van der Waals surface area contributed by atoms with Crippen molar-refractivity contribution in [2.75, 3.05) is 5.32 Å². The van der Waals surface area contributed by atoms with Gasteiger partial charge in [-0.25, -0.2) is 0 Å². The van der Waals surface area contributed by atoms with E-state index in [0.717, 1.165) is 0 Å². The average Bonchev–Trinajstić information content (AvgIpc) is 2.26. The summed E-state index contributed by atoms with van der Waals surface area (Å²) >= 11 is 22.4. The lowest BCUT2D eigenvalue weighted by Crippen LogP contribution is -2.32. The molecule has 0 aliphatic carbocycles. The number of amides is 1. The summed E-state index contributed by atoms with van der Waals surface area (Å²) in [6, 6.07) is 2.94. The molecule has 1 amide bonds. The van der Waals surface area contributed by atoms with Crippen LogP contribution in [0.1, 0.15) is 13.3 Å². The molecule has 0 spiro atoms. The Morgan fingerprint density at radius 3 is 2.39 bits per heavy atom. The first-order valence-corrected chi connectivity index (χ1v) is 6.65. The normalized spacial score (nSPS) is 12.0. The second kappa shape index (κ2) is 6.57. The van der Waals surface area contributed by atoms with E-state index in [-0.39, 0.29) is 10.9 Å². The SMILES string of the molecule is CCC(C(=O)Nc1cc(Cl)c(Cl)cc1Cl)C(N)=S.